The van der Waals surface area contributed by atoms with E-state index in [1.807, 2.05) is 31.2 Å². The van der Waals surface area contributed by atoms with Crippen LogP contribution in [0.25, 0.3) is 5.57 Å². The summed E-state index contributed by atoms with van der Waals surface area (Å²) < 4.78 is 5.23. The van der Waals surface area contributed by atoms with Gasteiger partial charge in [0.15, 0.2) is 11.6 Å². The molecule has 0 radical (unpaired) electrons. The molecule has 0 aliphatic carbocycles. The molecule has 0 aliphatic heterocycles. The Labute approximate surface area is 147 Å². The summed E-state index contributed by atoms with van der Waals surface area (Å²) >= 11 is 0. The maximum atomic E-state index is 5.80. The number of hydrazone groups is 1. The first-order valence-electron chi connectivity index (χ1n) is 7.62. The molecule has 128 valence electrons. The highest BCUT2D eigenvalue weighted by Crippen LogP contribution is 2.19. The zero-order valence-corrected chi connectivity index (χ0v) is 14.4. The van der Waals surface area contributed by atoms with E-state index in [-0.39, 0.29) is 0 Å². The van der Waals surface area contributed by atoms with E-state index in [9.17, 15) is 0 Å². The first kappa shape index (κ1) is 17.9. The molecule has 6 heteroatoms. The molecule has 3 N–H and O–H groups in total. The largest absolute Gasteiger partial charge is 0.481 e. The molecule has 0 unspecified atom stereocenters. The SMILES string of the molecule is C=C/C=C(\C=C)c1nc(N/N=C(\C)c2cccc(N)c2)cc(OC)n1. The van der Waals surface area contributed by atoms with Gasteiger partial charge in [0, 0.05) is 17.3 Å². The molecule has 6 nitrogen and oxygen atoms in total. The molecular weight excluding hydrogens is 314 g/mol. The fourth-order valence-electron chi connectivity index (χ4n) is 2.05. The Hall–Kier alpha value is -3.41. The molecule has 1 aromatic carbocycles. The van der Waals surface area contributed by atoms with Crippen molar-refractivity contribution >= 4 is 22.8 Å². The summed E-state index contributed by atoms with van der Waals surface area (Å²) in [7, 11) is 1.54. The van der Waals surface area contributed by atoms with Gasteiger partial charge in [-0.2, -0.15) is 10.1 Å². The normalized spacial score (nSPS) is 11.8. The van der Waals surface area contributed by atoms with Gasteiger partial charge in [-0.3, -0.25) is 5.43 Å². The van der Waals surface area contributed by atoms with Gasteiger partial charge < -0.3 is 10.5 Å². The van der Waals surface area contributed by atoms with Gasteiger partial charge in [0.2, 0.25) is 5.88 Å². The number of methoxy groups -OCH3 is 1. The van der Waals surface area contributed by atoms with Crippen molar-refractivity contribution in [2.75, 3.05) is 18.3 Å². The third kappa shape index (κ3) is 4.78. The average molecular weight is 335 g/mol. The Kier molecular flexibility index (Phi) is 6.06. The molecule has 25 heavy (non-hydrogen) atoms. The number of nitrogen functional groups attached to an aromatic ring is 1. The predicted octanol–water partition coefficient (Wildman–Crippen LogP) is 3.66. The Balaban J connectivity index is 2.32. The highest BCUT2D eigenvalue weighted by atomic mass is 16.5. The highest BCUT2D eigenvalue weighted by Gasteiger charge is 2.07. The molecule has 0 fully saturated rings. The van der Waals surface area contributed by atoms with Crippen molar-refractivity contribution in [3.8, 4) is 5.88 Å². The van der Waals surface area contributed by atoms with E-state index in [1.165, 1.54) is 0 Å². The number of hydrogen-bond acceptors (Lipinski definition) is 6. The van der Waals surface area contributed by atoms with Gasteiger partial charge in [0.1, 0.15) is 0 Å². The number of nitrogens with two attached hydrogens (primary N) is 1. The maximum Gasteiger partial charge on any atom is 0.218 e. The second-order valence-electron chi connectivity index (χ2n) is 5.12. The summed E-state index contributed by atoms with van der Waals surface area (Å²) in [4.78, 5) is 8.75. The molecule has 1 heterocycles. The lowest BCUT2D eigenvalue weighted by molar-refractivity contribution is 0.396. The number of allylic oxidation sites excluding steroid dienone is 4. The van der Waals surface area contributed by atoms with Gasteiger partial charge in [-0.05, 0) is 24.6 Å². The third-order valence-electron chi connectivity index (χ3n) is 3.33. The summed E-state index contributed by atoms with van der Waals surface area (Å²) in [5.41, 5.74) is 11.8. The van der Waals surface area contributed by atoms with Crippen molar-refractivity contribution in [1.29, 1.82) is 0 Å². The van der Waals surface area contributed by atoms with Gasteiger partial charge >= 0.3 is 0 Å². The van der Waals surface area contributed by atoms with E-state index in [1.54, 1.807) is 31.4 Å². The molecule has 0 spiro atoms. The van der Waals surface area contributed by atoms with E-state index >= 15 is 0 Å². The van der Waals surface area contributed by atoms with E-state index in [0.29, 0.717) is 23.2 Å². The minimum atomic E-state index is 0.418. The first-order chi connectivity index (χ1) is 12.1. The summed E-state index contributed by atoms with van der Waals surface area (Å²) in [6.45, 7) is 9.33. The zero-order chi connectivity index (χ0) is 18.2. The van der Waals surface area contributed by atoms with Crippen LogP contribution in [0, 0.1) is 0 Å². The fraction of sp³-hybridized carbons (Fsp3) is 0.105. The molecule has 0 aliphatic rings. The molecule has 2 aromatic rings. The average Bonchev–Trinajstić information content (AvgIpc) is 2.63. The van der Waals surface area contributed by atoms with Crippen molar-refractivity contribution in [2.45, 2.75) is 6.92 Å². The summed E-state index contributed by atoms with van der Waals surface area (Å²) in [6, 6.07) is 9.16. The van der Waals surface area contributed by atoms with Crippen LogP contribution < -0.4 is 15.9 Å². The van der Waals surface area contributed by atoms with Crippen LogP contribution >= 0.6 is 0 Å². The monoisotopic (exact) mass is 335 g/mol. The maximum absolute atomic E-state index is 5.80. The summed E-state index contributed by atoms with van der Waals surface area (Å²) in [5.74, 6) is 1.39. The van der Waals surface area contributed by atoms with Crippen molar-refractivity contribution in [1.82, 2.24) is 9.97 Å². The lowest BCUT2D eigenvalue weighted by atomic mass is 10.1. The first-order valence-corrected chi connectivity index (χ1v) is 7.62. The Morgan fingerprint density at radius 2 is 2.08 bits per heavy atom. The van der Waals surface area contributed by atoms with Crippen molar-refractivity contribution in [3.05, 3.63) is 73.1 Å². The molecule has 0 amide bonds. The number of benzene rings is 1. The molecule has 2 rings (SSSR count). The second-order valence-corrected chi connectivity index (χ2v) is 5.12. The predicted molar refractivity (Wildman–Crippen MR) is 104 cm³/mol. The van der Waals surface area contributed by atoms with Crippen molar-refractivity contribution in [2.24, 2.45) is 5.10 Å². The molecule has 0 saturated carbocycles. The highest BCUT2D eigenvalue weighted by molar-refractivity contribution is 5.99. The second kappa shape index (κ2) is 8.44. The minimum absolute atomic E-state index is 0.418. The Morgan fingerprint density at radius 3 is 2.72 bits per heavy atom. The van der Waals surface area contributed by atoms with Crippen LogP contribution in [0.5, 0.6) is 5.88 Å². The van der Waals surface area contributed by atoms with Gasteiger partial charge in [-0.15, -0.1) is 0 Å². The van der Waals surface area contributed by atoms with Crippen LogP contribution in [0.15, 0.2) is 66.8 Å². The zero-order valence-electron chi connectivity index (χ0n) is 14.4. The smallest absolute Gasteiger partial charge is 0.218 e. The van der Waals surface area contributed by atoms with Crippen LogP contribution in [0.3, 0.4) is 0 Å². The topological polar surface area (TPSA) is 85.4 Å². The molecule has 0 atom stereocenters. The van der Waals surface area contributed by atoms with Crippen LogP contribution in [0.1, 0.15) is 18.3 Å². The standard InChI is InChI=1S/C19H21N5O/c1-5-8-14(6-2)19-21-17(12-18(22-19)25-4)24-23-13(3)15-9-7-10-16(20)11-15/h5-12H,1-2,20H2,3-4H3,(H,21,22,24)/b14-8+,23-13+. The number of aromatic nitrogens is 2. The van der Waals surface area contributed by atoms with E-state index < -0.39 is 0 Å². The quantitative estimate of drug-likeness (QED) is 0.349. The van der Waals surface area contributed by atoms with Gasteiger partial charge in [-0.1, -0.05) is 43.5 Å². The number of ether oxygens (including phenoxy) is 1. The Morgan fingerprint density at radius 1 is 1.28 bits per heavy atom. The number of nitrogens with zero attached hydrogens (tertiary/aromatic N) is 3. The van der Waals surface area contributed by atoms with E-state index in [0.717, 1.165) is 16.8 Å². The molecular formula is C19H21N5O. The fourth-order valence-corrected chi connectivity index (χ4v) is 2.05. The molecule has 1 aromatic heterocycles. The van der Waals surface area contributed by atoms with Gasteiger partial charge in [0.25, 0.3) is 0 Å². The Bertz CT molecular complexity index is 839. The summed E-state index contributed by atoms with van der Waals surface area (Å²) in [6.07, 6.45) is 5.07. The lowest BCUT2D eigenvalue weighted by Crippen LogP contribution is -2.04. The van der Waals surface area contributed by atoms with Crippen LogP contribution in [-0.2, 0) is 0 Å². The van der Waals surface area contributed by atoms with Crippen LogP contribution in [-0.4, -0.2) is 22.8 Å². The number of hydrogen-bond donors (Lipinski definition) is 2. The number of anilines is 2. The third-order valence-corrected chi connectivity index (χ3v) is 3.33. The molecule has 0 saturated heterocycles. The van der Waals surface area contributed by atoms with Crippen LogP contribution in [0.2, 0.25) is 0 Å². The number of rotatable bonds is 7. The van der Waals surface area contributed by atoms with Crippen LogP contribution in [0.4, 0.5) is 11.5 Å². The summed E-state index contributed by atoms with van der Waals surface area (Å²) in [5, 5.41) is 4.35. The van der Waals surface area contributed by atoms with Crippen molar-refractivity contribution < 1.29 is 4.74 Å². The van der Waals surface area contributed by atoms with Gasteiger partial charge in [-0.25, -0.2) is 4.98 Å². The van der Waals surface area contributed by atoms with E-state index in [4.69, 9.17) is 10.5 Å². The van der Waals surface area contributed by atoms with E-state index in [2.05, 4.69) is 33.7 Å². The molecule has 0 bridgehead atoms. The number of nitrogens with one attached hydrogen (secondary N) is 1. The van der Waals surface area contributed by atoms with Crippen molar-refractivity contribution in [3.63, 3.8) is 0 Å². The minimum Gasteiger partial charge on any atom is -0.481 e. The lowest BCUT2D eigenvalue weighted by Gasteiger charge is -2.08. The van der Waals surface area contributed by atoms with Gasteiger partial charge in [0.05, 0.1) is 12.8 Å².